The van der Waals surface area contributed by atoms with Gasteiger partial charge >= 0.3 is 0 Å². The van der Waals surface area contributed by atoms with Crippen LogP contribution in [-0.4, -0.2) is 27.6 Å². The lowest BCUT2D eigenvalue weighted by atomic mass is 10.2. The van der Waals surface area contributed by atoms with E-state index in [-0.39, 0.29) is 11.8 Å². The summed E-state index contributed by atoms with van der Waals surface area (Å²) in [5, 5.41) is 4.17. The first kappa shape index (κ1) is 11.8. The normalized spacial score (nSPS) is 10.7. The molecular weight excluding hydrogens is 190 g/mol. The summed E-state index contributed by atoms with van der Waals surface area (Å²) in [6.45, 7) is 7.36. The molecule has 1 amide bonds. The van der Waals surface area contributed by atoms with Crippen molar-refractivity contribution in [2.75, 3.05) is 7.05 Å². The minimum Gasteiger partial charge on any atom is -0.341 e. The van der Waals surface area contributed by atoms with Crippen molar-refractivity contribution in [3.8, 4) is 0 Å². The van der Waals surface area contributed by atoms with E-state index in [9.17, 15) is 4.79 Å². The van der Waals surface area contributed by atoms with Crippen LogP contribution in [0.4, 0.5) is 0 Å². The highest BCUT2D eigenvalue weighted by atomic mass is 16.2. The van der Waals surface area contributed by atoms with Crippen LogP contribution in [0.25, 0.3) is 0 Å². The molecule has 0 unspecified atom stereocenters. The van der Waals surface area contributed by atoms with Crippen LogP contribution in [0.5, 0.6) is 0 Å². The molecule has 0 atom stereocenters. The average Bonchev–Trinajstić information content (AvgIpc) is 2.64. The Morgan fingerprint density at radius 3 is 2.73 bits per heavy atom. The van der Waals surface area contributed by atoms with E-state index < -0.39 is 0 Å². The Kier molecular flexibility index (Phi) is 3.88. The van der Waals surface area contributed by atoms with E-state index >= 15 is 0 Å². The monoisotopic (exact) mass is 209 g/mol. The van der Waals surface area contributed by atoms with Crippen molar-refractivity contribution >= 4 is 5.91 Å². The Labute approximate surface area is 90.9 Å². The van der Waals surface area contributed by atoms with Crippen LogP contribution in [0.3, 0.4) is 0 Å². The van der Waals surface area contributed by atoms with Crippen molar-refractivity contribution in [2.45, 2.75) is 33.9 Å². The number of nitrogens with zero attached hydrogens (tertiary/aromatic N) is 3. The molecule has 1 aromatic rings. The number of amides is 1. The molecular formula is C11H19N3O. The van der Waals surface area contributed by atoms with Gasteiger partial charge in [0.25, 0.3) is 0 Å². The predicted octanol–water partition coefficient (Wildman–Crippen LogP) is 1.52. The summed E-state index contributed by atoms with van der Waals surface area (Å²) < 4.78 is 1.86. The van der Waals surface area contributed by atoms with E-state index in [1.54, 1.807) is 4.90 Å². The van der Waals surface area contributed by atoms with Crippen molar-refractivity contribution in [1.82, 2.24) is 14.7 Å². The molecule has 0 aliphatic heterocycles. The summed E-state index contributed by atoms with van der Waals surface area (Å²) in [5.74, 6) is 0.218. The minimum atomic E-state index is 0.0521. The van der Waals surface area contributed by atoms with Gasteiger partial charge in [0.15, 0.2) is 0 Å². The van der Waals surface area contributed by atoms with Crippen LogP contribution in [0.2, 0.25) is 0 Å². The number of aromatic nitrogens is 2. The second kappa shape index (κ2) is 4.96. The number of rotatable bonds is 4. The second-order valence-electron chi connectivity index (χ2n) is 4.05. The van der Waals surface area contributed by atoms with Crippen molar-refractivity contribution in [3.05, 3.63) is 18.0 Å². The second-order valence-corrected chi connectivity index (χ2v) is 4.05. The van der Waals surface area contributed by atoms with Crippen LogP contribution in [0.15, 0.2) is 12.4 Å². The van der Waals surface area contributed by atoms with E-state index in [0.29, 0.717) is 6.54 Å². The average molecular weight is 209 g/mol. The fourth-order valence-electron chi connectivity index (χ4n) is 1.45. The van der Waals surface area contributed by atoms with Gasteiger partial charge in [-0.2, -0.15) is 5.10 Å². The van der Waals surface area contributed by atoms with Gasteiger partial charge in [0.1, 0.15) is 0 Å². The van der Waals surface area contributed by atoms with Gasteiger partial charge in [-0.25, -0.2) is 0 Å². The molecule has 1 heterocycles. The van der Waals surface area contributed by atoms with Gasteiger partial charge in [-0.05, 0) is 6.92 Å². The maximum Gasteiger partial charge on any atom is 0.225 e. The van der Waals surface area contributed by atoms with Crippen molar-refractivity contribution in [1.29, 1.82) is 0 Å². The summed E-state index contributed by atoms with van der Waals surface area (Å²) in [6, 6.07) is 0. The highest BCUT2D eigenvalue weighted by molar-refractivity contribution is 5.77. The van der Waals surface area contributed by atoms with Crippen molar-refractivity contribution in [2.24, 2.45) is 5.92 Å². The number of hydrogen-bond donors (Lipinski definition) is 0. The molecule has 0 radical (unpaired) electrons. The molecule has 0 fully saturated rings. The third kappa shape index (κ3) is 3.08. The highest BCUT2D eigenvalue weighted by Gasteiger charge is 2.13. The first-order chi connectivity index (χ1) is 7.04. The largest absolute Gasteiger partial charge is 0.341 e. The number of aryl methyl sites for hydroxylation is 1. The summed E-state index contributed by atoms with van der Waals surface area (Å²) in [4.78, 5) is 13.4. The first-order valence-electron chi connectivity index (χ1n) is 5.31. The zero-order valence-corrected chi connectivity index (χ0v) is 9.90. The molecule has 84 valence electrons. The Morgan fingerprint density at radius 2 is 2.27 bits per heavy atom. The van der Waals surface area contributed by atoms with Crippen LogP contribution in [0, 0.1) is 5.92 Å². The third-order valence-corrected chi connectivity index (χ3v) is 2.30. The van der Waals surface area contributed by atoms with Crippen molar-refractivity contribution in [3.63, 3.8) is 0 Å². The Balaban J connectivity index is 2.58. The maximum absolute atomic E-state index is 11.6. The lowest BCUT2D eigenvalue weighted by Gasteiger charge is -2.18. The topological polar surface area (TPSA) is 38.1 Å². The van der Waals surface area contributed by atoms with Crippen LogP contribution >= 0.6 is 0 Å². The molecule has 0 aliphatic carbocycles. The summed E-state index contributed by atoms with van der Waals surface area (Å²) in [5.41, 5.74) is 1.08. The van der Waals surface area contributed by atoms with Gasteiger partial charge in [0.2, 0.25) is 5.91 Å². The number of hydrogen-bond acceptors (Lipinski definition) is 2. The number of carbonyl (C=O) groups is 1. The molecule has 1 rings (SSSR count). The number of carbonyl (C=O) groups excluding carboxylic acids is 1. The minimum absolute atomic E-state index is 0.0521. The van der Waals surface area contributed by atoms with Crippen molar-refractivity contribution < 1.29 is 4.79 Å². The van der Waals surface area contributed by atoms with Crippen LogP contribution in [-0.2, 0) is 17.9 Å². The van der Waals surface area contributed by atoms with Gasteiger partial charge < -0.3 is 4.90 Å². The van der Waals surface area contributed by atoms with Gasteiger partial charge in [0, 0.05) is 37.8 Å². The molecule has 0 aromatic carbocycles. The molecule has 0 saturated heterocycles. The van der Waals surface area contributed by atoms with E-state index in [0.717, 1.165) is 12.1 Å². The van der Waals surface area contributed by atoms with Gasteiger partial charge in [0.05, 0.1) is 6.20 Å². The first-order valence-corrected chi connectivity index (χ1v) is 5.31. The quantitative estimate of drug-likeness (QED) is 0.754. The molecule has 0 N–H and O–H groups in total. The zero-order valence-electron chi connectivity index (χ0n) is 9.90. The standard InChI is InChI=1S/C11H19N3O/c1-5-14-8-10(6-12-14)7-13(4)11(15)9(2)3/h6,8-9H,5,7H2,1-4H3. The fourth-order valence-corrected chi connectivity index (χ4v) is 1.45. The molecule has 4 heteroatoms. The summed E-state index contributed by atoms with van der Waals surface area (Å²) in [7, 11) is 1.83. The molecule has 15 heavy (non-hydrogen) atoms. The molecule has 0 saturated carbocycles. The molecule has 4 nitrogen and oxygen atoms in total. The fraction of sp³-hybridized carbons (Fsp3) is 0.636. The van der Waals surface area contributed by atoms with Gasteiger partial charge in [-0.1, -0.05) is 13.8 Å². The lowest BCUT2D eigenvalue weighted by Crippen LogP contribution is -2.29. The predicted molar refractivity (Wildman–Crippen MR) is 59.2 cm³/mol. The smallest absolute Gasteiger partial charge is 0.225 e. The lowest BCUT2D eigenvalue weighted by molar-refractivity contribution is -0.133. The molecule has 0 spiro atoms. The van der Waals surface area contributed by atoms with Crippen LogP contribution in [0.1, 0.15) is 26.3 Å². The molecule has 0 bridgehead atoms. The Morgan fingerprint density at radius 1 is 1.60 bits per heavy atom. The van der Waals surface area contributed by atoms with E-state index in [1.807, 2.05) is 44.9 Å². The highest BCUT2D eigenvalue weighted by Crippen LogP contribution is 2.06. The summed E-state index contributed by atoms with van der Waals surface area (Å²) >= 11 is 0. The third-order valence-electron chi connectivity index (χ3n) is 2.30. The Hall–Kier alpha value is -1.32. The SMILES string of the molecule is CCn1cc(CN(C)C(=O)C(C)C)cn1. The van der Waals surface area contributed by atoms with E-state index in [1.165, 1.54) is 0 Å². The van der Waals surface area contributed by atoms with Crippen LogP contribution < -0.4 is 0 Å². The van der Waals surface area contributed by atoms with Gasteiger partial charge in [-0.15, -0.1) is 0 Å². The molecule has 1 aromatic heterocycles. The Bertz CT molecular complexity index is 330. The van der Waals surface area contributed by atoms with E-state index in [2.05, 4.69) is 5.10 Å². The summed E-state index contributed by atoms with van der Waals surface area (Å²) in [6.07, 6.45) is 3.79. The zero-order chi connectivity index (χ0) is 11.4. The van der Waals surface area contributed by atoms with E-state index in [4.69, 9.17) is 0 Å². The maximum atomic E-state index is 11.6. The van der Waals surface area contributed by atoms with Gasteiger partial charge in [-0.3, -0.25) is 9.48 Å². The molecule has 0 aliphatic rings.